The van der Waals surface area contributed by atoms with Gasteiger partial charge in [0.05, 0.1) is 0 Å². The van der Waals surface area contributed by atoms with Gasteiger partial charge in [-0.1, -0.05) is 30.6 Å². The molecule has 1 aliphatic heterocycles. The summed E-state index contributed by atoms with van der Waals surface area (Å²) in [6.45, 7) is 5.33. The van der Waals surface area contributed by atoms with Gasteiger partial charge in [-0.2, -0.15) is 0 Å². The Hall–Kier alpha value is -0.650. The van der Waals surface area contributed by atoms with Crippen LogP contribution in [-0.4, -0.2) is 35.1 Å². The smallest absolute Gasteiger partial charge is 0.304 e. The third-order valence-corrected chi connectivity index (χ3v) is 5.61. The van der Waals surface area contributed by atoms with E-state index in [1.54, 1.807) is 0 Å². The minimum absolute atomic E-state index is 0.0617. The number of thiazole rings is 1. The van der Waals surface area contributed by atoms with Gasteiger partial charge in [-0.05, 0) is 25.7 Å². The van der Waals surface area contributed by atoms with E-state index in [2.05, 4.69) is 22.1 Å². The van der Waals surface area contributed by atoms with Gasteiger partial charge in [0.1, 0.15) is 0 Å². The van der Waals surface area contributed by atoms with Gasteiger partial charge in [-0.15, -0.1) is 0 Å². The topological polar surface area (TPSA) is 48.1 Å². The lowest BCUT2D eigenvalue weighted by atomic mass is 9.82. The molecule has 2 unspecified atom stereocenters. The quantitative estimate of drug-likeness (QED) is 0.898. The number of aromatic nitrogens is 1. The van der Waals surface area contributed by atoms with Crippen molar-refractivity contribution in [2.24, 2.45) is 5.92 Å². The van der Waals surface area contributed by atoms with Crippen molar-refractivity contribution in [1.29, 1.82) is 0 Å². The number of rotatable bonds is 3. The Morgan fingerprint density at radius 1 is 1.35 bits per heavy atom. The molecule has 2 aliphatic rings. The molecule has 2 fully saturated rings. The lowest BCUT2D eigenvalue weighted by Gasteiger charge is -2.42. The van der Waals surface area contributed by atoms with Crippen molar-refractivity contribution in [2.45, 2.75) is 57.7 Å². The van der Waals surface area contributed by atoms with E-state index in [1.165, 1.54) is 43.4 Å². The van der Waals surface area contributed by atoms with Crippen LogP contribution in [0.4, 0.5) is 0 Å². The van der Waals surface area contributed by atoms with Crippen molar-refractivity contribution >= 4 is 11.3 Å². The average Bonchev–Trinajstić information content (AvgIpc) is 2.88. The molecule has 20 heavy (non-hydrogen) atoms. The first-order valence-corrected chi connectivity index (χ1v) is 8.74. The molecule has 3 rings (SSSR count). The fourth-order valence-electron chi connectivity index (χ4n) is 3.63. The van der Waals surface area contributed by atoms with E-state index < -0.39 is 0 Å². The molecular weight excluding hydrogens is 270 g/mol. The zero-order valence-electron chi connectivity index (χ0n) is 12.2. The van der Waals surface area contributed by atoms with E-state index >= 15 is 0 Å². The first-order chi connectivity index (χ1) is 9.72. The number of H-pyrrole nitrogens is 1. The molecule has 2 heterocycles. The van der Waals surface area contributed by atoms with Gasteiger partial charge >= 0.3 is 4.87 Å². The lowest BCUT2D eigenvalue weighted by Crippen LogP contribution is -2.57. The monoisotopic (exact) mass is 295 g/mol. The van der Waals surface area contributed by atoms with Gasteiger partial charge in [0.2, 0.25) is 0 Å². The van der Waals surface area contributed by atoms with Gasteiger partial charge in [0.25, 0.3) is 0 Å². The standard InChI is InChI=1S/C15H25N3OS/c1-11-7-16-14(12-5-3-2-4-6-12)9-18(11)8-13-10-20-15(19)17-13/h10-12,14,16H,2-9H2,1H3,(H,17,19). The van der Waals surface area contributed by atoms with E-state index in [-0.39, 0.29) is 4.87 Å². The molecule has 0 amide bonds. The van der Waals surface area contributed by atoms with Crippen LogP contribution < -0.4 is 10.2 Å². The van der Waals surface area contributed by atoms with Crippen LogP contribution in [0.5, 0.6) is 0 Å². The number of hydrogen-bond donors (Lipinski definition) is 2. The molecule has 2 atom stereocenters. The van der Waals surface area contributed by atoms with E-state index in [1.807, 2.05) is 5.38 Å². The molecule has 1 aromatic heterocycles. The zero-order chi connectivity index (χ0) is 13.9. The SMILES string of the molecule is CC1CNC(C2CCCCC2)CN1Cc1csc(=O)[nH]1. The predicted octanol–water partition coefficient (Wildman–Crippen LogP) is 2.18. The van der Waals surface area contributed by atoms with Crippen LogP contribution in [0.3, 0.4) is 0 Å². The molecule has 1 aliphatic carbocycles. The van der Waals surface area contributed by atoms with Gasteiger partial charge in [0.15, 0.2) is 0 Å². The summed E-state index contributed by atoms with van der Waals surface area (Å²) in [5, 5.41) is 5.71. The van der Waals surface area contributed by atoms with Gasteiger partial charge < -0.3 is 10.3 Å². The summed E-state index contributed by atoms with van der Waals surface area (Å²) in [6.07, 6.45) is 6.98. The first kappa shape index (κ1) is 14.3. The van der Waals surface area contributed by atoms with Crippen molar-refractivity contribution in [3.05, 3.63) is 20.7 Å². The molecule has 112 valence electrons. The molecule has 2 N–H and O–H groups in total. The van der Waals surface area contributed by atoms with Crippen LogP contribution in [0, 0.1) is 5.92 Å². The highest BCUT2D eigenvalue weighted by Gasteiger charge is 2.31. The van der Waals surface area contributed by atoms with E-state index in [0.29, 0.717) is 12.1 Å². The predicted molar refractivity (Wildman–Crippen MR) is 83.2 cm³/mol. The molecule has 1 saturated carbocycles. The molecule has 1 saturated heterocycles. The average molecular weight is 295 g/mol. The summed E-state index contributed by atoms with van der Waals surface area (Å²) in [6, 6.07) is 1.18. The molecule has 5 heteroatoms. The highest BCUT2D eigenvalue weighted by molar-refractivity contribution is 7.07. The number of nitrogens with zero attached hydrogens (tertiary/aromatic N) is 1. The van der Waals surface area contributed by atoms with Crippen molar-refractivity contribution in [2.75, 3.05) is 13.1 Å². The van der Waals surface area contributed by atoms with Crippen LogP contribution in [0.15, 0.2) is 10.2 Å². The normalized spacial score (nSPS) is 29.6. The van der Waals surface area contributed by atoms with Crippen molar-refractivity contribution in [3.8, 4) is 0 Å². The van der Waals surface area contributed by atoms with Crippen LogP contribution in [0.2, 0.25) is 0 Å². The lowest BCUT2D eigenvalue weighted by molar-refractivity contribution is 0.0971. The summed E-state index contributed by atoms with van der Waals surface area (Å²) in [5.41, 5.74) is 1.07. The molecule has 1 aromatic rings. The van der Waals surface area contributed by atoms with Crippen molar-refractivity contribution in [1.82, 2.24) is 15.2 Å². The second-order valence-corrected chi connectivity index (χ2v) is 7.21. The highest BCUT2D eigenvalue weighted by atomic mass is 32.1. The van der Waals surface area contributed by atoms with Crippen LogP contribution >= 0.6 is 11.3 Å². The fourth-order valence-corrected chi connectivity index (χ4v) is 4.20. The molecule has 0 bridgehead atoms. The summed E-state index contributed by atoms with van der Waals surface area (Å²) in [4.78, 5) is 16.8. The van der Waals surface area contributed by atoms with Crippen LogP contribution in [0.1, 0.15) is 44.7 Å². The Morgan fingerprint density at radius 2 is 2.15 bits per heavy atom. The van der Waals surface area contributed by atoms with E-state index in [4.69, 9.17) is 0 Å². The Kier molecular flexibility index (Phi) is 4.58. The third kappa shape index (κ3) is 3.32. The van der Waals surface area contributed by atoms with Crippen LogP contribution in [0.25, 0.3) is 0 Å². The van der Waals surface area contributed by atoms with Gasteiger partial charge in [-0.3, -0.25) is 9.69 Å². The summed E-state index contributed by atoms with van der Waals surface area (Å²) >= 11 is 1.27. The minimum atomic E-state index is 0.0617. The maximum Gasteiger partial charge on any atom is 0.304 e. The molecule has 0 aromatic carbocycles. The van der Waals surface area contributed by atoms with E-state index in [0.717, 1.165) is 31.2 Å². The molecule has 0 spiro atoms. The number of nitrogens with one attached hydrogen (secondary N) is 2. The zero-order valence-corrected chi connectivity index (χ0v) is 13.0. The number of aromatic amines is 1. The summed E-state index contributed by atoms with van der Waals surface area (Å²) < 4.78 is 0. The fraction of sp³-hybridized carbons (Fsp3) is 0.800. The Balaban J connectivity index is 1.62. The summed E-state index contributed by atoms with van der Waals surface area (Å²) in [5.74, 6) is 0.847. The number of hydrogen-bond acceptors (Lipinski definition) is 4. The molecule has 0 radical (unpaired) electrons. The Labute approximate surface area is 124 Å². The van der Waals surface area contributed by atoms with Crippen LogP contribution in [-0.2, 0) is 6.54 Å². The van der Waals surface area contributed by atoms with Crippen molar-refractivity contribution in [3.63, 3.8) is 0 Å². The number of piperazine rings is 1. The Morgan fingerprint density at radius 3 is 2.85 bits per heavy atom. The maximum atomic E-state index is 11.3. The highest BCUT2D eigenvalue weighted by Crippen LogP contribution is 2.28. The minimum Gasteiger partial charge on any atom is -0.315 e. The largest absolute Gasteiger partial charge is 0.315 e. The van der Waals surface area contributed by atoms with Gasteiger partial charge in [0, 0.05) is 42.8 Å². The second-order valence-electron chi connectivity index (χ2n) is 6.36. The first-order valence-electron chi connectivity index (χ1n) is 7.86. The Bertz CT molecular complexity index is 477. The van der Waals surface area contributed by atoms with E-state index in [9.17, 15) is 4.79 Å². The second kappa shape index (κ2) is 6.41. The maximum absolute atomic E-state index is 11.3. The molecule has 4 nitrogen and oxygen atoms in total. The van der Waals surface area contributed by atoms with Gasteiger partial charge in [-0.25, -0.2) is 0 Å². The van der Waals surface area contributed by atoms with Crippen molar-refractivity contribution < 1.29 is 0 Å². The summed E-state index contributed by atoms with van der Waals surface area (Å²) in [7, 11) is 0. The third-order valence-electron chi connectivity index (χ3n) is 4.89. The molecular formula is C15H25N3OS.